The molecule has 1 N–H and O–H groups in total. The van der Waals surface area contributed by atoms with E-state index in [0.717, 1.165) is 5.82 Å². The Kier molecular flexibility index (Phi) is 2.58. The zero-order valence-corrected chi connectivity index (χ0v) is 9.49. The molecule has 0 bridgehead atoms. The van der Waals surface area contributed by atoms with E-state index in [0.29, 0.717) is 10.0 Å². The molecule has 14 heavy (non-hydrogen) atoms. The van der Waals surface area contributed by atoms with Crippen molar-refractivity contribution in [3.05, 3.63) is 22.3 Å². The smallest absolute Gasteiger partial charge is 0.145 e. The average Bonchev–Trinajstić information content (AvgIpc) is 2.07. The quantitative estimate of drug-likeness (QED) is 0.838. The van der Waals surface area contributed by atoms with Crippen molar-refractivity contribution in [2.45, 2.75) is 31.7 Å². The summed E-state index contributed by atoms with van der Waals surface area (Å²) in [6, 6.07) is 1.71. The van der Waals surface area contributed by atoms with Gasteiger partial charge in [0, 0.05) is 11.7 Å². The van der Waals surface area contributed by atoms with Crippen LogP contribution < -0.4 is 5.32 Å². The van der Waals surface area contributed by atoms with Gasteiger partial charge in [-0.1, -0.05) is 23.2 Å². The summed E-state index contributed by atoms with van der Waals surface area (Å²) in [5.74, 6) is 0.735. The largest absolute Gasteiger partial charge is 0.364 e. The Bertz CT molecular complexity index is 348. The average molecular weight is 231 g/mol. The molecule has 0 saturated heterocycles. The second-order valence-electron chi connectivity index (χ2n) is 4.02. The summed E-state index contributed by atoms with van der Waals surface area (Å²) in [6.07, 6.45) is 5.23. The minimum absolute atomic E-state index is 0.171. The van der Waals surface area contributed by atoms with E-state index in [4.69, 9.17) is 23.2 Å². The molecule has 0 aliphatic heterocycles. The van der Waals surface area contributed by atoms with Crippen LogP contribution in [0, 0.1) is 0 Å². The first-order chi connectivity index (χ1) is 6.59. The predicted molar refractivity (Wildman–Crippen MR) is 60.1 cm³/mol. The van der Waals surface area contributed by atoms with Crippen LogP contribution in [-0.2, 0) is 0 Å². The van der Waals surface area contributed by atoms with Gasteiger partial charge >= 0.3 is 0 Å². The van der Waals surface area contributed by atoms with E-state index >= 15 is 0 Å². The van der Waals surface area contributed by atoms with Crippen LogP contribution in [0.15, 0.2) is 12.3 Å². The summed E-state index contributed by atoms with van der Waals surface area (Å²) in [7, 11) is 0. The van der Waals surface area contributed by atoms with E-state index in [1.54, 1.807) is 12.3 Å². The molecule has 1 saturated carbocycles. The minimum Gasteiger partial charge on any atom is -0.364 e. The number of nitrogens with zero attached hydrogens (tertiary/aromatic N) is 1. The second kappa shape index (κ2) is 3.59. The Balaban J connectivity index is 2.16. The molecule has 76 valence electrons. The first-order valence-electron chi connectivity index (χ1n) is 4.68. The number of pyridine rings is 1. The number of aromatic nitrogens is 1. The van der Waals surface area contributed by atoms with Crippen LogP contribution in [0.25, 0.3) is 0 Å². The van der Waals surface area contributed by atoms with E-state index in [-0.39, 0.29) is 5.54 Å². The second-order valence-corrected chi connectivity index (χ2v) is 4.87. The molecule has 0 atom stereocenters. The monoisotopic (exact) mass is 230 g/mol. The van der Waals surface area contributed by atoms with Gasteiger partial charge < -0.3 is 5.32 Å². The molecule has 1 aliphatic rings. The van der Waals surface area contributed by atoms with E-state index in [9.17, 15) is 0 Å². The first-order valence-corrected chi connectivity index (χ1v) is 5.44. The number of hydrogen-bond donors (Lipinski definition) is 1. The molecule has 1 aromatic rings. The topological polar surface area (TPSA) is 24.9 Å². The number of anilines is 1. The third-order valence-corrected chi connectivity index (χ3v) is 3.18. The summed E-state index contributed by atoms with van der Waals surface area (Å²) in [4.78, 5) is 4.17. The van der Waals surface area contributed by atoms with Crippen LogP contribution in [0.1, 0.15) is 26.2 Å². The highest BCUT2D eigenvalue weighted by atomic mass is 35.5. The maximum atomic E-state index is 6.01. The van der Waals surface area contributed by atoms with Gasteiger partial charge in [-0.25, -0.2) is 4.98 Å². The molecule has 0 unspecified atom stereocenters. The Morgan fingerprint density at radius 2 is 2.14 bits per heavy atom. The molecule has 2 nitrogen and oxygen atoms in total. The zero-order valence-electron chi connectivity index (χ0n) is 7.98. The van der Waals surface area contributed by atoms with Crippen molar-refractivity contribution in [3.8, 4) is 0 Å². The van der Waals surface area contributed by atoms with Crippen LogP contribution in [0.5, 0.6) is 0 Å². The van der Waals surface area contributed by atoms with Gasteiger partial charge in [-0.3, -0.25) is 0 Å². The molecule has 0 amide bonds. The lowest BCUT2D eigenvalue weighted by Crippen LogP contribution is -2.41. The lowest BCUT2D eigenvalue weighted by Gasteiger charge is -2.39. The van der Waals surface area contributed by atoms with Gasteiger partial charge in [-0.2, -0.15) is 0 Å². The molecule has 1 fully saturated rings. The molecule has 0 radical (unpaired) electrons. The Morgan fingerprint density at radius 3 is 2.64 bits per heavy atom. The van der Waals surface area contributed by atoms with Crippen LogP contribution in [0.4, 0.5) is 5.82 Å². The van der Waals surface area contributed by atoms with Crippen LogP contribution in [0.2, 0.25) is 10.0 Å². The highest BCUT2D eigenvalue weighted by molar-refractivity contribution is 6.35. The Hall–Kier alpha value is -0.470. The van der Waals surface area contributed by atoms with Gasteiger partial charge in [0.1, 0.15) is 5.82 Å². The van der Waals surface area contributed by atoms with Crippen molar-refractivity contribution in [2.24, 2.45) is 0 Å². The highest BCUT2D eigenvalue weighted by Gasteiger charge is 2.32. The summed E-state index contributed by atoms with van der Waals surface area (Å²) in [5, 5.41) is 4.51. The van der Waals surface area contributed by atoms with E-state index < -0.39 is 0 Å². The van der Waals surface area contributed by atoms with Crippen molar-refractivity contribution >= 4 is 29.0 Å². The molecular weight excluding hydrogens is 219 g/mol. The normalized spacial score (nSPS) is 18.8. The lowest BCUT2D eigenvalue weighted by molar-refractivity contribution is 0.306. The number of halogens is 2. The Labute approximate surface area is 93.6 Å². The third kappa shape index (κ3) is 1.96. The third-order valence-electron chi connectivity index (χ3n) is 2.69. The van der Waals surface area contributed by atoms with Gasteiger partial charge in [0.05, 0.1) is 10.0 Å². The van der Waals surface area contributed by atoms with Crippen molar-refractivity contribution in [1.29, 1.82) is 0 Å². The molecular formula is C10H12Cl2N2. The summed E-state index contributed by atoms with van der Waals surface area (Å²) in [6.45, 7) is 2.18. The van der Waals surface area contributed by atoms with Crippen LogP contribution in [0.3, 0.4) is 0 Å². The van der Waals surface area contributed by atoms with Crippen molar-refractivity contribution < 1.29 is 0 Å². The van der Waals surface area contributed by atoms with Gasteiger partial charge in [0.2, 0.25) is 0 Å². The molecule has 1 heterocycles. The molecule has 2 rings (SSSR count). The maximum Gasteiger partial charge on any atom is 0.145 e. The first kappa shape index (κ1) is 10.1. The number of hydrogen-bond acceptors (Lipinski definition) is 2. The SMILES string of the molecule is CC1(Nc2ncc(Cl)cc2Cl)CCC1. The van der Waals surface area contributed by atoms with Gasteiger partial charge in [0.15, 0.2) is 0 Å². The van der Waals surface area contributed by atoms with Gasteiger partial charge in [-0.15, -0.1) is 0 Å². The molecule has 4 heteroatoms. The van der Waals surface area contributed by atoms with Crippen LogP contribution >= 0.6 is 23.2 Å². The van der Waals surface area contributed by atoms with E-state index in [1.165, 1.54) is 19.3 Å². The lowest BCUT2D eigenvalue weighted by atomic mass is 9.78. The summed E-state index contributed by atoms with van der Waals surface area (Å²) >= 11 is 11.8. The number of rotatable bonds is 2. The summed E-state index contributed by atoms with van der Waals surface area (Å²) < 4.78 is 0. The number of nitrogens with one attached hydrogen (secondary N) is 1. The van der Waals surface area contributed by atoms with Crippen molar-refractivity contribution in [3.63, 3.8) is 0 Å². The molecule has 1 aliphatic carbocycles. The Morgan fingerprint density at radius 1 is 1.43 bits per heavy atom. The molecule has 0 spiro atoms. The van der Waals surface area contributed by atoms with E-state index in [2.05, 4.69) is 17.2 Å². The summed E-state index contributed by atoms with van der Waals surface area (Å²) in [5.41, 5.74) is 0.171. The fraction of sp³-hybridized carbons (Fsp3) is 0.500. The van der Waals surface area contributed by atoms with E-state index in [1.807, 2.05) is 0 Å². The fourth-order valence-corrected chi connectivity index (χ4v) is 2.05. The minimum atomic E-state index is 0.171. The van der Waals surface area contributed by atoms with Crippen molar-refractivity contribution in [1.82, 2.24) is 4.98 Å². The molecule has 1 aromatic heterocycles. The predicted octanol–water partition coefficient (Wildman–Crippen LogP) is 3.74. The van der Waals surface area contributed by atoms with Crippen molar-refractivity contribution in [2.75, 3.05) is 5.32 Å². The maximum absolute atomic E-state index is 6.01. The molecule has 0 aromatic carbocycles. The standard InChI is InChI=1S/C10H12Cl2N2/c1-10(3-2-4-10)14-9-8(12)5-7(11)6-13-9/h5-6H,2-4H2,1H3,(H,13,14). The van der Waals surface area contributed by atoms with Gasteiger partial charge in [0.25, 0.3) is 0 Å². The van der Waals surface area contributed by atoms with Crippen LogP contribution in [-0.4, -0.2) is 10.5 Å². The zero-order chi connectivity index (χ0) is 10.2. The van der Waals surface area contributed by atoms with Gasteiger partial charge in [-0.05, 0) is 32.3 Å². The fourth-order valence-electron chi connectivity index (χ4n) is 1.62. The highest BCUT2D eigenvalue weighted by Crippen LogP contribution is 2.36.